The summed E-state index contributed by atoms with van der Waals surface area (Å²) in [5.74, 6) is 0. The first-order valence-electron chi connectivity index (χ1n) is 18.1. The molecule has 0 bridgehead atoms. The molecule has 0 amide bonds. The van der Waals surface area contributed by atoms with E-state index in [0.717, 1.165) is 17.1 Å². The molecule has 9 aromatic carbocycles. The van der Waals surface area contributed by atoms with Crippen LogP contribution in [0.2, 0.25) is 0 Å². The molecule has 0 spiro atoms. The number of para-hydroxylation sites is 1. The van der Waals surface area contributed by atoms with Crippen LogP contribution in [-0.2, 0) is 0 Å². The highest BCUT2D eigenvalue weighted by Gasteiger charge is 2.22. The van der Waals surface area contributed by atoms with Crippen molar-refractivity contribution in [1.29, 1.82) is 0 Å². The number of aromatic nitrogens is 1. The predicted molar refractivity (Wildman–Crippen MR) is 229 cm³/mol. The van der Waals surface area contributed by atoms with E-state index in [2.05, 4.69) is 204 Å². The summed E-state index contributed by atoms with van der Waals surface area (Å²) >= 11 is 1.88. The van der Waals surface area contributed by atoms with Crippen LogP contribution in [0.3, 0.4) is 0 Å². The van der Waals surface area contributed by atoms with Gasteiger partial charge in [-0.25, -0.2) is 0 Å². The number of hydrogen-bond acceptors (Lipinski definition) is 2. The monoisotopic (exact) mass is 692 g/mol. The fraction of sp³-hybridized carbons (Fsp3) is 0. The van der Waals surface area contributed by atoms with Gasteiger partial charge in [0.25, 0.3) is 0 Å². The Hall–Kier alpha value is -6.68. The van der Waals surface area contributed by atoms with Crippen LogP contribution in [0.15, 0.2) is 194 Å². The third-order valence-electron chi connectivity index (χ3n) is 10.8. The van der Waals surface area contributed by atoms with Crippen molar-refractivity contribution in [3.05, 3.63) is 194 Å². The van der Waals surface area contributed by atoms with Crippen molar-refractivity contribution >= 4 is 91.9 Å². The van der Waals surface area contributed by atoms with Gasteiger partial charge in [0.2, 0.25) is 0 Å². The van der Waals surface area contributed by atoms with Gasteiger partial charge in [-0.2, -0.15) is 0 Å². The Balaban J connectivity index is 1.20. The number of fused-ring (bicyclic) bond motifs is 10. The molecule has 0 fully saturated rings. The maximum atomic E-state index is 2.46. The second-order valence-electron chi connectivity index (χ2n) is 13.7. The normalized spacial score (nSPS) is 11.8. The zero-order valence-electron chi connectivity index (χ0n) is 28.8. The molecule has 53 heavy (non-hydrogen) atoms. The van der Waals surface area contributed by atoms with Crippen LogP contribution >= 0.6 is 11.3 Å². The van der Waals surface area contributed by atoms with E-state index in [4.69, 9.17) is 0 Å². The Labute approximate surface area is 311 Å². The maximum absolute atomic E-state index is 2.46. The summed E-state index contributed by atoms with van der Waals surface area (Å²) in [6.07, 6.45) is 0. The van der Waals surface area contributed by atoms with Crippen LogP contribution in [0.1, 0.15) is 0 Å². The fourth-order valence-electron chi connectivity index (χ4n) is 8.36. The molecule has 0 saturated heterocycles. The molecule has 0 saturated carbocycles. The number of anilines is 3. The Morgan fingerprint density at radius 1 is 0.396 bits per heavy atom. The van der Waals surface area contributed by atoms with E-state index in [9.17, 15) is 0 Å². The van der Waals surface area contributed by atoms with Crippen molar-refractivity contribution in [2.45, 2.75) is 0 Å². The van der Waals surface area contributed by atoms with Crippen LogP contribution < -0.4 is 4.90 Å². The maximum Gasteiger partial charge on any atom is 0.0640 e. The molecule has 0 unspecified atom stereocenters. The number of benzene rings is 9. The van der Waals surface area contributed by atoms with E-state index in [1.54, 1.807) is 0 Å². The Bertz CT molecular complexity index is 3160. The highest BCUT2D eigenvalue weighted by atomic mass is 32.1. The quantitative estimate of drug-likeness (QED) is 0.174. The van der Waals surface area contributed by atoms with Gasteiger partial charge in [0, 0.05) is 43.3 Å². The standard InChI is InChI=1S/C50H32N2S/c1-3-12-33(13-4-1)34-22-26-38(27-23-34)51(45-21-11-20-43-49-41-19-10-8-15-36(41)25-31-47(49)53-50(43)45)39-28-29-42-46(32-39)52(37-16-5-2-6-17-37)44-30-24-35-14-7-9-18-40(35)48(42)44/h1-32H. The van der Waals surface area contributed by atoms with Gasteiger partial charge in [-0.15, -0.1) is 11.3 Å². The van der Waals surface area contributed by atoms with Gasteiger partial charge in [-0.3, -0.25) is 0 Å². The summed E-state index contributed by atoms with van der Waals surface area (Å²) in [5, 5.41) is 10.2. The highest BCUT2D eigenvalue weighted by molar-refractivity contribution is 7.26. The smallest absolute Gasteiger partial charge is 0.0640 e. The van der Waals surface area contributed by atoms with E-state index < -0.39 is 0 Å². The van der Waals surface area contributed by atoms with Crippen molar-refractivity contribution in [1.82, 2.24) is 4.57 Å². The van der Waals surface area contributed by atoms with Crippen molar-refractivity contribution in [3.8, 4) is 16.8 Å². The first-order chi connectivity index (χ1) is 26.3. The summed E-state index contributed by atoms with van der Waals surface area (Å²) in [6.45, 7) is 0. The van der Waals surface area contributed by atoms with Gasteiger partial charge in [-0.05, 0) is 87.3 Å². The van der Waals surface area contributed by atoms with Crippen LogP contribution in [0.4, 0.5) is 17.1 Å². The van der Waals surface area contributed by atoms with Crippen LogP contribution in [0, 0.1) is 0 Å². The average molecular weight is 693 g/mol. The van der Waals surface area contributed by atoms with Crippen molar-refractivity contribution in [3.63, 3.8) is 0 Å². The molecule has 2 aromatic heterocycles. The van der Waals surface area contributed by atoms with E-state index in [-0.39, 0.29) is 0 Å². The fourth-order valence-corrected chi connectivity index (χ4v) is 9.58. The molecule has 3 heteroatoms. The van der Waals surface area contributed by atoms with Crippen LogP contribution in [-0.4, -0.2) is 4.57 Å². The molecule has 2 nitrogen and oxygen atoms in total. The van der Waals surface area contributed by atoms with Crippen LogP contribution in [0.25, 0.3) is 80.3 Å². The Kier molecular flexibility index (Phi) is 6.76. The summed E-state index contributed by atoms with van der Waals surface area (Å²) < 4.78 is 5.02. The SMILES string of the molecule is c1ccc(-c2ccc(N(c3ccc4c5c6ccccc6ccc5n(-c5ccccc5)c4c3)c3cccc4c3sc3ccc5ccccc5c34)cc2)cc1. The van der Waals surface area contributed by atoms with Gasteiger partial charge in [0.1, 0.15) is 0 Å². The first-order valence-corrected chi connectivity index (χ1v) is 18.9. The Morgan fingerprint density at radius 2 is 1.02 bits per heavy atom. The summed E-state index contributed by atoms with van der Waals surface area (Å²) in [6, 6.07) is 70.9. The third kappa shape index (κ3) is 4.71. The molecule has 11 rings (SSSR count). The summed E-state index contributed by atoms with van der Waals surface area (Å²) in [4.78, 5) is 2.46. The molecular formula is C50H32N2S. The molecule has 0 radical (unpaired) electrons. The van der Waals surface area contributed by atoms with Crippen LogP contribution in [0.5, 0.6) is 0 Å². The number of hydrogen-bond donors (Lipinski definition) is 0. The largest absolute Gasteiger partial charge is 0.309 e. The lowest BCUT2D eigenvalue weighted by Gasteiger charge is -2.26. The van der Waals surface area contributed by atoms with Gasteiger partial charge in [0.05, 0.1) is 21.4 Å². The second-order valence-corrected chi connectivity index (χ2v) is 14.8. The number of nitrogens with zero attached hydrogens (tertiary/aromatic N) is 2. The topological polar surface area (TPSA) is 8.17 Å². The molecule has 0 atom stereocenters. The lowest BCUT2D eigenvalue weighted by molar-refractivity contribution is 1.18. The van der Waals surface area contributed by atoms with Crippen molar-refractivity contribution in [2.24, 2.45) is 0 Å². The molecular weight excluding hydrogens is 661 g/mol. The molecule has 0 aliphatic heterocycles. The van der Waals surface area contributed by atoms with Gasteiger partial charge in [0.15, 0.2) is 0 Å². The minimum absolute atomic E-state index is 1.11. The Morgan fingerprint density at radius 3 is 1.79 bits per heavy atom. The summed E-state index contributed by atoms with van der Waals surface area (Å²) in [5.41, 5.74) is 9.36. The lowest BCUT2D eigenvalue weighted by Crippen LogP contribution is -2.10. The van der Waals surface area contributed by atoms with E-state index in [1.807, 2.05) is 11.3 Å². The second kappa shape index (κ2) is 11.9. The zero-order chi connectivity index (χ0) is 34.9. The molecule has 11 aromatic rings. The van der Waals surface area contributed by atoms with E-state index in [1.165, 1.54) is 80.3 Å². The molecule has 0 N–H and O–H groups in total. The molecule has 2 heterocycles. The minimum Gasteiger partial charge on any atom is -0.309 e. The number of rotatable bonds is 5. The van der Waals surface area contributed by atoms with Crippen molar-refractivity contribution in [2.75, 3.05) is 4.90 Å². The molecule has 0 aliphatic carbocycles. The van der Waals surface area contributed by atoms with Gasteiger partial charge < -0.3 is 9.47 Å². The summed E-state index contributed by atoms with van der Waals surface area (Å²) in [7, 11) is 0. The molecule has 248 valence electrons. The van der Waals surface area contributed by atoms with E-state index in [0.29, 0.717) is 0 Å². The number of thiophene rings is 1. The first kappa shape index (κ1) is 30.0. The van der Waals surface area contributed by atoms with Crippen molar-refractivity contribution < 1.29 is 0 Å². The predicted octanol–water partition coefficient (Wildman–Crippen LogP) is 14.6. The lowest BCUT2D eigenvalue weighted by atomic mass is 10.0. The highest BCUT2D eigenvalue weighted by Crippen LogP contribution is 2.48. The average Bonchev–Trinajstić information content (AvgIpc) is 3.78. The van der Waals surface area contributed by atoms with Gasteiger partial charge >= 0.3 is 0 Å². The minimum atomic E-state index is 1.11. The van der Waals surface area contributed by atoms with E-state index >= 15 is 0 Å². The zero-order valence-corrected chi connectivity index (χ0v) is 29.6. The third-order valence-corrected chi connectivity index (χ3v) is 11.9. The molecule has 0 aliphatic rings. The van der Waals surface area contributed by atoms with Gasteiger partial charge in [-0.1, -0.05) is 140 Å².